The van der Waals surface area contributed by atoms with E-state index in [1.807, 2.05) is 51.4 Å². The predicted octanol–water partition coefficient (Wildman–Crippen LogP) is 6.72. The van der Waals surface area contributed by atoms with Gasteiger partial charge in [0.1, 0.15) is 11.6 Å². The highest BCUT2D eigenvalue weighted by molar-refractivity contribution is 6.42. The fourth-order valence-corrected chi connectivity index (χ4v) is 5.62. The first-order valence-corrected chi connectivity index (χ1v) is 19.1. The Hall–Kier alpha value is -3.96. The minimum Gasteiger partial charge on any atom is -0.402 e. The van der Waals surface area contributed by atoms with Crippen LogP contribution in [0.1, 0.15) is 93.4 Å². The molecular formula is C41H73N9O2. The van der Waals surface area contributed by atoms with Crippen LogP contribution in [0, 0.1) is 11.8 Å². The van der Waals surface area contributed by atoms with Crippen LogP contribution in [0.5, 0.6) is 0 Å². The fraction of sp³-hybridized carbons (Fsp3) is 0.610. The lowest BCUT2D eigenvalue weighted by atomic mass is 9.98. The molecule has 1 fully saturated rings. The normalized spacial score (nSPS) is 14.5. The molecule has 1 unspecified atom stereocenters. The topological polar surface area (TPSA) is 139 Å². The predicted molar refractivity (Wildman–Crippen MR) is 225 cm³/mol. The number of piperazine rings is 1. The molecule has 0 bridgehead atoms. The molecule has 11 nitrogen and oxygen atoms in total. The van der Waals surface area contributed by atoms with Crippen LogP contribution in [-0.2, 0) is 9.59 Å². The number of benzene rings is 1. The maximum Gasteiger partial charge on any atom is 0.291 e. The smallest absolute Gasteiger partial charge is 0.291 e. The molecule has 294 valence electrons. The molecule has 1 atom stereocenters. The van der Waals surface area contributed by atoms with Crippen LogP contribution in [0.25, 0.3) is 0 Å². The molecule has 11 heteroatoms. The van der Waals surface area contributed by atoms with E-state index >= 15 is 0 Å². The third kappa shape index (κ3) is 22.1. The Morgan fingerprint density at radius 3 is 2.19 bits per heavy atom. The van der Waals surface area contributed by atoms with Gasteiger partial charge in [-0.25, -0.2) is 4.99 Å². The number of rotatable bonds is 18. The highest BCUT2D eigenvalue weighted by Gasteiger charge is 2.18. The summed E-state index contributed by atoms with van der Waals surface area (Å²) in [4.78, 5) is 37.5. The lowest BCUT2D eigenvalue weighted by molar-refractivity contribution is -0.121. The molecule has 0 saturated carbocycles. The molecule has 0 aliphatic carbocycles. The van der Waals surface area contributed by atoms with Crippen molar-refractivity contribution in [2.24, 2.45) is 27.6 Å². The number of anilines is 2. The minimum absolute atomic E-state index is 0.136. The molecule has 1 aliphatic heterocycles. The first kappa shape index (κ1) is 48.0. The second kappa shape index (κ2) is 29.6. The molecular weight excluding hydrogens is 651 g/mol. The summed E-state index contributed by atoms with van der Waals surface area (Å²) in [5.41, 5.74) is 8.76. The van der Waals surface area contributed by atoms with Crippen molar-refractivity contribution >= 4 is 34.6 Å². The zero-order chi connectivity index (χ0) is 39.3. The van der Waals surface area contributed by atoms with Gasteiger partial charge in [-0.15, -0.1) is 0 Å². The quantitative estimate of drug-likeness (QED) is 0.0832. The van der Waals surface area contributed by atoms with Crippen molar-refractivity contribution in [1.82, 2.24) is 20.9 Å². The summed E-state index contributed by atoms with van der Waals surface area (Å²) in [6.45, 7) is 22.7. The summed E-state index contributed by atoms with van der Waals surface area (Å²) in [7, 11) is 5.82. The molecule has 0 spiro atoms. The van der Waals surface area contributed by atoms with Crippen LogP contribution < -0.4 is 31.9 Å². The van der Waals surface area contributed by atoms with Crippen molar-refractivity contribution < 1.29 is 9.59 Å². The van der Waals surface area contributed by atoms with Crippen molar-refractivity contribution in [3.63, 3.8) is 0 Å². The number of amidine groups is 1. The van der Waals surface area contributed by atoms with Gasteiger partial charge >= 0.3 is 0 Å². The van der Waals surface area contributed by atoms with E-state index in [2.05, 4.69) is 75.3 Å². The Morgan fingerprint density at radius 2 is 1.69 bits per heavy atom. The van der Waals surface area contributed by atoms with E-state index in [0.29, 0.717) is 23.0 Å². The number of ketones is 1. The summed E-state index contributed by atoms with van der Waals surface area (Å²) >= 11 is 0. The Labute approximate surface area is 316 Å². The van der Waals surface area contributed by atoms with Crippen molar-refractivity contribution in [2.75, 3.05) is 70.6 Å². The van der Waals surface area contributed by atoms with E-state index < -0.39 is 0 Å². The lowest BCUT2D eigenvalue weighted by Crippen LogP contribution is -2.44. The van der Waals surface area contributed by atoms with Crippen LogP contribution in [-0.4, -0.2) is 88.5 Å². The van der Waals surface area contributed by atoms with Crippen LogP contribution in [0.4, 0.5) is 11.4 Å². The zero-order valence-corrected chi connectivity index (χ0v) is 34.3. The molecule has 1 aliphatic rings. The Kier molecular flexibility index (Phi) is 27.3. The number of amides is 1. The molecule has 0 radical (unpaired) electrons. The van der Waals surface area contributed by atoms with Gasteiger partial charge < -0.3 is 36.8 Å². The van der Waals surface area contributed by atoms with Crippen LogP contribution >= 0.6 is 0 Å². The summed E-state index contributed by atoms with van der Waals surface area (Å²) in [6.07, 6.45) is 13.9. The summed E-state index contributed by atoms with van der Waals surface area (Å²) < 4.78 is 0. The Bertz CT molecular complexity index is 1270. The van der Waals surface area contributed by atoms with Crippen molar-refractivity contribution in [2.45, 2.75) is 93.4 Å². The first-order valence-electron chi connectivity index (χ1n) is 19.1. The van der Waals surface area contributed by atoms with Crippen molar-refractivity contribution in [1.29, 1.82) is 0 Å². The SMILES string of the molecule is C=CNC(=NCC(/C=C(/C)N)=N/C(=C\C)NC)C(=O)Nc1ccccc1N1CCNCC1.CCCC(C)CCC.CCCCC(CN(C)C)C(C)=O. The third-order valence-corrected chi connectivity index (χ3v) is 8.28. The van der Waals surface area contributed by atoms with Crippen LogP contribution in [0.15, 0.2) is 70.7 Å². The number of nitrogens with zero attached hydrogens (tertiary/aromatic N) is 4. The molecule has 1 amide bonds. The lowest BCUT2D eigenvalue weighted by Gasteiger charge is -2.31. The van der Waals surface area contributed by atoms with Gasteiger partial charge in [0.05, 0.1) is 23.6 Å². The monoisotopic (exact) mass is 724 g/mol. The average molecular weight is 724 g/mol. The number of para-hydroxylation sites is 2. The second-order valence-electron chi connectivity index (χ2n) is 13.5. The first-order chi connectivity index (χ1) is 24.9. The zero-order valence-electron chi connectivity index (χ0n) is 34.3. The number of hydrogen-bond donors (Lipinski definition) is 5. The van der Waals surface area contributed by atoms with Crippen molar-refractivity contribution in [3.05, 3.63) is 60.7 Å². The van der Waals surface area contributed by atoms with Crippen LogP contribution in [0.3, 0.4) is 0 Å². The number of nitrogens with one attached hydrogen (secondary N) is 4. The van der Waals surface area contributed by atoms with E-state index in [9.17, 15) is 9.59 Å². The van der Waals surface area contributed by atoms with Gasteiger partial charge in [-0.3, -0.25) is 14.6 Å². The van der Waals surface area contributed by atoms with E-state index in [1.165, 1.54) is 38.3 Å². The highest BCUT2D eigenvalue weighted by atomic mass is 16.2. The van der Waals surface area contributed by atoms with E-state index in [0.717, 1.165) is 62.9 Å². The van der Waals surface area contributed by atoms with Gasteiger partial charge in [-0.05, 0) is 77.7 Å². The third-order valence-electron chi connectivity index (χ3n) is 8.28. The van der Waals surface area contributed by atoms with Gasteiger partial charge in [0.25, 0.3) is 5.91 Å². The molecule has 1 saturated heterocycles. The summed E-state index contributed by atoms with van der Waals surface area (Å²) in [6, 6.07) is 7.76. The number of carbonyl (C=O) groups is 2. The standard InChI is InChI=1S/C23H34N8O.C10H21NO.C8H18/c1-5-21(25-4)29-18(15-17(3)24)16-28-22(27-6-2)23(32)30-19-9-7-8-10-20(19)31-13-11-26-12-14-31;1-5-6-7-10(9(2)12)8-11(3)4;1-4-6-8(3)7-5-2/h5-10,15,25-26H,2,11-14,16,24H2,1,3-4H3,(H,27,28)(H,30,32);10H,5-8H2,1-4H3;8H,4-7H2,1-3H3/b17-15-,21-5-,29-18+;;. The molecule has 0 aromatic heterocycles. The van der Waals surface area contributed by atoms with Gasteiger partial charge in [-0.1, -0.05) is 84.9 Å². The molecule has 2 rings (SSSR count). The number of allylic oxidation sites excluding steroid dienone is 2. The van der Waals surface area contributed by atoms with Gasteiger partial charge in [0, 0.05) is 51.4 Å². The van der Waals surface area contributed by atoms with E-state index in [1.54, 1.807) is 27.0 Å². The molecule has 1 heterocycles. The largest absolute Gasteiger partial charge is 0.402 e. The van der Waals surface area contributed by atoms with E-state index in [4.69, 9.17) is 5.73 Å². The summed E-state index contributed by atoms with van der Waals surface area (Å²) in [5.74, 6) is 2.00. The summed E-state index contributed by atoms with van der Waals surface area (Å²) in [5, 5.41) is 12.1. The number of aliphatic imine (C=N–C) groups is 2. The maximum atomic E-state index is 13.0. The fourth-order valence-electron chi connectivity index (χ4n) is 5.62. The Morgan fingerprint density at radius 1 is 1.06 bits per heavy atom. The van der Waals surface area contributed by atoms with Gasteiger partial charge in [0.15, 0.2) is 5.84 Å². The second-order valence-corrected chi connectivity index (χ2v) is 13.5. The van der Waals surface area contributed by atoms with Gasteiger partial charge in [-0.2, -0.15) is 0 Å². The van der Waals surface area contributed by atoms with E-state index in [-0.39, 0.29) is 24.2 Å². The maximum absolute atomic E-state index is 13.0. The molecule has 6 N–H and O–H groups in total. The number of Topliss-reactive ketones (excluding diaryl/α,β-unsaturated/α-hetero) is 1. The number of carbonyl (C=O) groups excluding carboxylic acids is 2. The Balaban J connectivity index is 0.00000106. The number of nitrogens with two attached hydrogens (primary N) is 1. The van der Waals surface area contributed by atoms with Gasteiger partial charge in [0.2, 0.25) is 0 Å². The molecule has 1 aromatic rings. The average Bonchev–Trinajstić information content (AvgIpc) is 3.11. The molecule has 1 aromatic carbocycles. The number of unbranched alkanes of at least 4 members (excludes halogenated alkanes) is 1. The highest BCUT2D eigenvalue weighted by Crippen LogP contribution is 2.25. The molecule has 52 heavy (non-hydrogen) atoms. The van der Waals surface area contributed by atoms with Crippen LogP contribution in [0.2, 0.25) is 0 Å². The number of hydrogen-bond acceptors (Lipinski definition) is 9. The minimum atomic E-state index is -0.361. The van der Waals surface area contributed by atoms with Crippen molar-refractivity contribution in [3.8, 4) is 0 Å².